The van der Waals surface area contributed by atoms with Gasteiger partial charge in [0.15, 0.2) is 0 Å². The molecule has 114 valence electrons. The molecule has 1 saturated heterocycles. The highest BCUT2D eigenvalue weighted by molar-refractivity contribution is 5.81. The van der Waals surface area contributed by atoms with E-state index < -0.39 is 0 Å². The molecule has 1 amide bonds. The smallest absolute Gasteiger partial charge is 0.225 e. The van der Waals surface area contributed by atoms with Crippen molar-refractivity contribution in [2.75, 3.05) is 13.1 Å². The van der Waals surface area contributed by atoms with E-state index in [1.807, 2.05) is 0 Å². The molecule has 0 bridgehead atoms. The molecule has 3 atom stereocenters. The number of piperidine rings is 1. The van der Waals surface area contributed by atoms with Gasteiger partial charge < -0.3 is 10.2 Å². The summed E-state index contributed by atoms with van der Waals surface area (Å²) in [7, 11) is 0. The van der Waals surface area contributed by atoms with Gasteiger partial charge in [0.1, 0.15) is 0 Å². The zero-order valence-electron chi connectivity index (χ0n) is 13.1. The van der Waals surface area contributed by atoms with Gasteiger partial charge in [0.2, 0.25) is 5.91 Å². The number of carbonyl (C=O) groups is 1. The van der Waals surface area contributed by atoms with Crippen molar-refractivity contribution in [1.82, 2.24) is 10.2 Å². The Morgan fingerprint density at radius 1 is 1.00 bits per heavy atom. The molecular formula is C17H30N2O. The van der Waals surface area contributed by atoms with Crippen LogP contribution in [0.4, 0.5) is 0 Å². The minimum atomic E-state index is 0.388. The van der Waals surface area contributed by atoms with Gasteiger partial charge in [-0.05, 0) is 50.4 Å². The number of hydrogen-bond acceptors (Lipinski definition) is 2. The van der Waals surface area contributed by atoms with Gasteiger partial charge in [-0.1, -0.05) is 20.3 Å². The van der Waals surface area contributed by atoms with E-state index in [2.05, 4.69) is 24.1 Å². The van der Waals surface area contributed by atoms with E-state index >= 15 is 0 Å². The molecule has 0 aromatic carbocycles. The van der Waals surface area contributed by atoms with Gasteiger partial charge in [0.25, 0.3) is 0 Å². The maximum absolute atomic E-state index is 12.1. The van der Waals surface area contributed by atoms with E-state index in [1.165, 1.54) is 19.3 Å². The largest absolute Gasteiger partial charge is 0.342 e. The molecule has 3 aliphatic rings. The summed E-state index contributed by atoms with van der Waals surface area (Å²) < 4.78 is 0. The molecule has 0 aromatic heterocycles. The highest BCUT2D eigenvalue weighted by atomic mass is 16.2. The molecule has 2 saturated carbocycles. The van der Waals surface area contributed by atoms with Crippen molar-refractivity contribution in [3.05, 3.63) is 0 Å². The molecule has 3 rings (SSSR count). The molecule has 1 N–H and O–H groups in total. The van der Waals surface area contributed by atoms with E-state index in [-0.39, 0.29) is 0 Å². The lowest BCUT2D eigenvalue weighted by Crippen LogP contribution is -2.50. The summed E-state index contributed by atoms with van der Waals surface area (Å²) in [6, 6.07) is 1.34. The van der Waals surface area contributed by atoms with Gasteiger partial charge >= 0.3 is 0 Å². The lowest BCUT2D eigenvalue weighted by Gasteiger charge is -2.39. The van der Waals surface area contributed by atoms with E-state index in [0.717, 1.165) is 50.6 Å². The molecule has 2 aliphatic carbocycles. The zero-order chi connectivity index (χ0) is 14.1. The van der Waals surface area contributed by atoms with Crippen LogP contribution in [0.15, 0.2) is 0 Å². The van der Waals surface area contributed by atoms with E-state index in [0.29, 0.717) is 23.9 Å². The molecule has 1 heterocycles. The van der Waals surface area contributed by atoms with Crippen LogP contribution in [0.2, 0.25) is 0 Å². The maximum Gasteiger partial charge on any atom is 0.225 e. The number of likely N-dealkylation sites (tertiary alicyclic amines) is 1. The highest BCUT2D eigenvalue weighted by Gasteiger charge is 2.35. The first-order valence-corrected chi connectivity index (χ1v) is 8.68. The summed E-state index contributed by atoms with van der Waals surface area (Å²) in [4.78, 5) is 14.2. The Hall–Kier alpha value is -0.570. The van der Waals surface area contributed by atoms with Crippen LogP contribution in [-0.2, 0) is 4.79 Å². The Kier molecular flexibility index (Phi) is 4.34. The summed E-state index contributed by atoms with van der Waals surface area (Å²) in [5.41, 5.74) is 0. The van der Waals surface area contributed by atoms with Crippen LogP contribution in [0.25, 0.3) is 0 Å². The summed E-state index contributed by atoms with van der Waals surface area (Å²) in [5, 5.41) is 3.90. The predicted octanol–water partition coefficient (Wildman–Crippen LogP) is 2.80. The number of carbonyl (C=O) groups excluding carboxylic acids is 1. The zero-order valence-corrected chi connectivity index (χ0v) is 13.1. The predicted molar refractivity (Wildman–Crippen MR) is 81.4 cm³/mol. The van der Waals surface area contributed by atoms with Crippen LogP contribution in [0, 0.1) is 17.8 Å². The number of rotatable bonds is 3. The van der Waals surface area contributed by atoms with Crippen molar-refractivity contribution in [2.45, 2.75) is 70.9 Å². The van der Waals surface area contributed by atoms with Crippen molar-refractivity contribution in [2.24, 2.45) is 17.8 Å². The van der Waals surface area contributed by atoms with Crippen molar-refractivity contribution in [3.8, 4) is 0 Å². The lowest BCUT2D eigenvalue weighted by molar-refractivity contribution is -0.133. The second-order valence-corrected chi connectivity index (χ2v) is 7.54. The molecule has 20 heavy (non-hydrogen) atoms. The molecule has 0 radical (unpaired) electrons. The average molecular weight is 278 g/mol. The number of amides is 1. The van der Waals surface area contributed by atoms with E-state index in [4.69, 9.17) is 0 Å². The molecular weight excluding hydrogens is 248 g/mol. The molecule has 0 aromatic rings. The summed E-state index contributed by atoms with van der Waals surface area (Å²) in [6.45, 7) is 6.74. The molecule has 0 spiro atoms. The Balaban J connectivity index is 1.44. The minimum Gasteiger partial charge on any atom is -0.342 e. The standard InChI is InChI=1S/C17H30N2O/c1-12-3-4-13(2)16(11-12)18-15-7-9-19(10-8-15)17(20)14-5-6-14/h12-16,18H,3-11H2,1-2H3. The molecule has 3 fully saturated rings. The fraction of sp³-hybridized carbons (Fsp3) is 0.941. The monoisotopic (exact) mass is 278 g/mol. The Bertz CT molecular complexity index is 345. The van der Waals surface area contributed by atoms with Crippen LogP contribution in [0.5, 0.6) is 0 Å². The van der Waals surface area contributed by atoms with Crippen LogP contribution in [-0.4, -0.2) is 36.0 Å². The summed E-state index contributed by atoms with van der Waals surface area (Å²) in [5.74, 6) is 2.51. The lowest BCUT2D eigenvalue weighted by atomic mass is 9.79. The van der Waals surface area contributed by atoms with Crippen LogP contribution >= 0.6 is 0 Å². The number of nitrogens with zero attached hydrogens (tertiary/aromatic N) is 1. The van der Waals surface area contributed by atoms with Gasteiger partial charge in [-0.3, -0.25) is 4.79 Å². The topological polar surface area (TPSA) is 32.3 Å². The second kappa shape index (κ2) is 6.05. The molecule has 1 aliphatic heterocycles. The van der Waals surface area contributed by atoms with Crippen LogP contribution in [0.3, 0.4) is 0 Å². The fourth-order valence-electron chi connectivity index (χ4n) is 3.92. The van der Waals surface area contributed by atoms with E-state index in [9.17, 15) is 4.79 Å². The average Bonchev–Trinajstić information content (AvgIpc) is 3.27. The van der Waals surface area contributed by atoms with Gasteiger partial charge in [-0.2, -0.15) is 0 Å². The Labute approximate surface area is 123 Å². The fourth-order valence-corrected chi connectivity index (χ4v) is 3.92. The highest BCUT2D eigenvalue weighted by Crippen LogP contribution is 2.32. The molecule has 3 nitrogen and oxygen atoms in total. The molecule has 3 heteroatoms. The van der Waals surface area contributed by atoms with Crippen LogP contribution < -0.4 is 5.32 Å². The van der Waals surface area contributed by atoms with Gasteiger partial charge in [0.05, 0.1) is 0 Å². The van der Waals surface area contributed by atoms with Crippen molar-refractivity contribution >= 4 is 5.91 Å². The number of hydrogen-bond donors (Lipinski definition) is 1. The van der Waals surface area contributed by atoms with Gasteiger partial charge in [-0.15, -0.1) is 0 Å². The first-order valence-electron chi connectivity index (χ1n) is 8.68. The maximum atomic E-state index is 12.1. The Morgan fingerprint density at radius 2 is 1.70 bits per heavy atom. The third-order valence-corrected chi connectivity index (χ3v) is 5.64. The third kappa shape index (κ3) is 3.36. The molecule has 3 unspecified atom stereocenters. The first kappa shape index (κ1) is 14.4. The van der Waals surface area contributed by atoms with Crippen LogP contribution in [0.1, 0.15) is 58.8 Å². The number of nitrogens with one attached hydrogen (secondary N) is 1. The summed E-state index contributed by atoms with van der Waals surface area (Å²) in [6.07, 6.45) is 8.67. The van der Waals surface area contributed by atoms with Gasteiger partial charge in [-0.25, -0.2) is 0 Å². The quantitative estimate of drug-likeness (QED) is 0.861. The SMILES string of the molecule is CC1CCC(C)C(NC2CCN(C(=O)C3CC3)CC2)C1. The Morgan fingerprint density at radius 3 is 2.35 bits per heavy atom. The second-order valence-electron chi connectivity index (χ2n) is 7.54. The van der Waals surface area contributed by atoms with Crippen molar-refractivity contribution in [3.63, 3.8) is 0 Å². The van der Waals surface area contributed by atoms with Crippen molar-refractivity contribution < 1.29 is 4.79 Å². The third-order valence-electron chi connectivity index (χ3n) is 5.64. The summed E-state index contributed by atoms with van der Waals surface area (Å²) >= 11 is 0. The normalized spacial score (nSPS) is 36.1. The minimum absolute atomic E-state index is 0.388. The van der Waals surface area contributed by atoms with Gasteiger partial charge in [0, 0.05) is 31.1 Å². The van der Waals surface area contributed by atoms with Crippen molar-refractivity contribution in [1.29, 1.82) is 0 Å². The first-order chi connectivity index (χ1) is 9.63. The van der Waals surface area contributed by atoms with E-state index in [1.54, 1.807) is 0 Å².